The average molecular weight is 477 g/mol. The molecule has 0 aromatic carbocycles. The summed E-state index contributed by atoms with van der Waals surface area (Å²) in [5, 5.41) is 11.8. The quantitative estimate of drug-likeness (QED) is 0.370. The number of rotatable bonds is 2. The highest BCUT2D eigenvalue weighted by molar-refractivity contribution is 14.1. The number of hydrogen-bond acceptors (Lipinski definition) is 8. The van der Waals surface area contributed by atoms with E-state index in [4.69, 9.17) is 9.57 Å². The van der Waals surface area contributed by atoms with Crippen molar-refractivity contribution < 1.29 is 24.3 Å². The Hall–Kier alpha value is -1.78. The number of allylic oxidation sites excluding steroid dienone is 1. The maximum Gasteiger partial charge on any atom is 0.337 e. The molecule has 0 aromatic rings. The Morgan fingerprint density at radius 1 is 1.12 bits per heavy atom. The van der Waals surface area contributed by atoms with Crippen molar-refractivity contribution >= 4 is 40.6 Å². The summed E-state index contributed by atoms with van der Waals surface area (Å²) in [5.41, 5.74) is -0.781. The van der Waals surface area contributed by atoms with E-state index in [1.807, 2.05) is 22.9 Å². The number of ether oxygens (including phenoxy) is 1. The van der Waals surface area contributed by atoms with Gasteiger partial charge in [-0.1, -0.05) is 0 Å². The third kappa shape index (κ3) is 3.97. The molecular weight excluding hydrogens is 453 g/mol. The van der Waals surface area contributed by atoms with Gasteiger partial charge in [0.2, 0.25) is 5.88 Å². The van der Waals surface area contributed by atoms with Gasteiger partial charge in [0.05, 0.1) is 39.4 Å². The number of esters is 1. The van der Waals surface area contributed by atoms with Gasteiger partial charge < -0.3 is 14.7 Å². The van der Waals surface area contributed by atoms with E-state index >= 15 is 0 Å². The highest BCUT2D eigenvalue weighted by Gasteiger charge is 2.42. The molecular formula is C17H24IN3O5. The van der Waals surface area contributed by atoms with E-state index in [-0.39, 0.29) is 29.7 Å². The summed E-state index contributed by atoms with van der Waals surface area (Å²) >= 11 is 1.88. The van der Waals surface area contributed by atoms with Crippen LogP contribution < -0.4 is 0 Å². The molecule has 9 heteroatoms. The van der Waals surface area contributed by atoms with Crippen LogP contribution in [0.1, 0.15) is 48.5 Å². The Labute approximate surface area is 167 Å². The fourth-order valence-electron chi connectivity index (χ4n) is 1.98. The summed E-state index contributed by atoms with van der Waals surface area (Å²) < 4.78 is 6.96. The summed E-state index contributed by atoms with van der Waals surface area (Å²) in [6.07, 6.45) is 0. The predicted molar refractivity (Wildman–Crippen MR) is 103 cm³/mol. The number of halogens is 1. The van der Waals surface area contributed by atoms with Gasteiger partial charge in [-0.15, -0.1) is 0 Å². The van der Waals surface area contributed by atoms with Crippen LogP contribution in [0.2, 0.25) is 0 Å². The van der Waals surface area contributed by atoms with Crippen LogP contribution in [0.3, 0.4) is 0 Å². The predicted octanol–water partition coefficient (Wildman–Crippen LogP) is 3.42. The zero-order chi connectivity index (χ0) is 20.0. The zero-order valence-electron chi connectivity index (χ0n) is 16.0. The van der Waals surface area contributed by atoms with Crippen molar-refractivity contribution in [2.45, 2.75) is 48.5 Å². The molecule has 2 aliphatic heterocycles. The van der Waals surface area contributed by atoms with Crippen LogP contribution in [-0.4, -0.2) is 37.7 Å². The van der Waals surface area contributed by atoms with Gasteiger partial charge >= 0.3 is 11.9 Å². The topological polar surface area (TPSA) is 91.7 Å². The summed E-state index contributed by atoms with van der Waals surface area (Å²) in [6, 6.07) is 0. The van der Waals surface area contributed by atoms with Crippen LogP contribution >= 0.6 is 22.9 Å². The first-order valence-electron chi connectivity index (χ1n) is 8.12. The van der Waals surface area contributed by atoms with Gasteiger partial charge in [-0.25, -0.2) is 9.79 Å². The van der Waals surface area contributed by atoms with Gasteiger partial charge in [0.1, 0.15) is 12.2 Å². The first kappa shape index (κ1) is 20.5. The molecule has 2 aliphatic rings. The molecule has 2 rings (SSSR count). The number of amidine groups is 1. The SMILES string of the molecule is CC1=C(OC(=O)C(C)(C)C)C2=C(O)N(I)CN(OC(=O)C(C)(C)C)C2=N1. The van der Waals surface area contributed by atoms with E-state index in [0.29, 0.717) is 5.70 Å². The lowest BCUT2D eigenvalue weighted by Crippen LogP contribution is -2.46. The molecule has 8 nitrogen and oxygen atoms in total. The minimum Gasteiger partial charge on any atom is -0.494 e. The molecule has 0 aliphatic carbocycles. The molecule has 0 saturated carbocycles. The van der Waals surface area contributed by atoms with Crippen LogP contribution in [0, 0.1) is 10.8 Å². The Bertz CT molecular complexity index is 740. The summed E-state index contributed by atoms with van der Waals surface area (Å²) in [5.74, 6) is -0.602. The molecule has 0 amide bonds. The van der Waals surface area contributed by atoms with Gasteiger partial charge in [-0.3, -0.25) is 7.91 Å². The number of fused-ring (bicyclic) bond motifs is 1. The van der Waals surface area contributed by atoms with Crippen LogP contribution in [-0.2, 0) is 19.2 Å². The van der Waals surface area contributed by atoms with Crippen LogP contribution in [0.25, 0.3) is 0 Å². The molecule has 1 N–H and O–H groups in total. The molecule has 26 heavy (non-hydrogen) atoms. The number of aliphatic hydroxyl groups is 1. The first-order chi connectivity index (χ1) is 11.7. The Morgan fingerprint density at radius 2 is 1.65 bits per heavy atom. The van der Waals surface area contributed by atoms with Gasteiger partial charge in [0.25, 0.3) is 0 Å². The Kier molecular flexibility index (Phi) is 5.33. The van der Waals surface area contributed by atoms with E-state index in [1.165, 1.54) is 8.18 Å². The standard InChI is InChI=1S/C17H24IN3O5/c1-9-11(25-14(23)16(2,3)4)10-12(19-9)21(8-20(18)13(10)22)26-15(24)17(5,6)7/h22H,8H2,1-7H3. The molecule has 0 unspecified atom stereocenters. The third-order valence-corrected chi connectivity index (χ3v) is 4.37. The molecule has 0 radical (unpaired) electrons. The van der Waals surface area contributed by atoms with Crippen molar-refractivity contribution in [3.63, 3.8) is 0 Å². The fraction of sp³-hybridized carbons (Fsp3) is 0.588. The normalized spacial score (nSPS) is 18.1. The second-order valence-corrected chi connectivity index (χ2v) is 9.36. The second kappa shape index (κ2) is 6.75. The maximum absolute atomic E-state index is 12.3. The highest BCUT2D eigenvalue weighted by atomic mass is 127. The lowest BCUT2D eigenvalue weighted by Gasteiger charge is -2.34. The molecule has 2 heterocycles. The number of nitrogens with zero attached hydrogens (tertiary/aromatic N) is 3. The molecule has 0 bridgehead atoms. The van der Waals surface area contributed by atoms with Crippen molar-refractivity contribution in [2.75, 3.05) is 6.67 Å². The van der Waals surface area contributed by atoms with Crippen molar-refractivity contribution in [1.82, 2.24) is 8.18 Å². The lowest BCUT2D eigenvalue weighted by atomic mass is 9.97. The number of carbonyl (C=O) groups excluding carboxylic acids is 2. The third-order valence-electron chi connectivity index (χ3n) is 3.61. The number of carbonyl (C=O) groups is 2. The van der Waals surface area contributed by atoms with Gasteiger partial charge in [-0.05, 0) is 48.5 Å². The van der Waals surface area contributed by atoms with Crippen molar-refractivity contribution in [3.05, 3.63) is 22.9 Å². The fourth-order valence-corrected chi connectivity index (χ4v) is 2.50. The smallest absolute Gasteiger partial charge is 0.337 e. The highest BCUT2D eigenvalue weighted by Crippen LogP contribution is 2.37. The Morgan fingerprint density at radius 3 is 2.15 bits per heavy atom. The van der Waals surface area contributed by atoms with Crippen LogP contribution in [0.4, 0.5) is 0 Å². The minimum absolute atomic E-state index is 0.0876. The Balaban J connectivity index is 2.36. The first-order valence-corrected chi connectivity index (χ1v) is 9.09. The van der Waals surface area contributed by atoms with E-state index < -0.39 is 22.8 Å². The molecule has 0 atom stereocenters. The second-order valence-electron chi connectivity index (χ2n) is 8.20. The maximum atomic E-state index is 12.3. The summed E-state index contributed by atoms with van der Waals surface area (Å²) in [6.45, 7) is 12.2. The van der Waals surface area contributed by atoms with E-state index in [9.17, 15) is 14.7 Å². The monoisotopic (exact) mass is 477 g/mol. The number of hydroxylamine groups is 2. The van der Waals surface area contributed by atoms with Gasteiger partial charge in [0, 0.05) is 0 Å². The van der Waals surface area contributed by atoms with E-state index in [2.05, 4.69) is 4.99 Å². The average Bonchev–Trinajstić information content (AvgIpc) is 2.80. The van der Waals surface area contributed by atoms with Gasteiger partial charge in [-0.2, -0.15) is 5.06 Å². The van der Waals surface area contributed by atoms with Crippen molar-refractivity contribution in [1.29, 1.82) is 0 Å². The minimum atomic E-state index is -0.719. The van der Waals surface area contributed by atoms with Crippen LogP contribution in [0.5, 0.6) is 0 Å². The van der Waals surface area contributed by atoms with Crippen LogP contribution in [0.15, 0.2) is 27.9 Å². The van der Waals surface area contributed by atoms with Crippen molar-refractivity contribution in [3.8, 4) is 0 Å². The van der Waals surface area contributed by atoms with E-state index in [1.54, 1.807) is 48.5 Å². The van der Waals surface area contributed by atoms with Gasteiger partial charge in [0.15, 0.2) is 11.6 Å². The van der Waals surface area contributed by atoms with E-state index in [0.717, 1.165) is 0 Å². The molecule has 0 fully saturated rings. The largest absolute Gasteiger partial charge is 0.494 e. The lowest BCUT2D eigenvalue weighted by molar-refractivity contribution is -0.186. The molecule has 0 spiro atoms. The number of aliphatic hydroxyl groups excluding tert-OH is 1. The molecule has 0 aromatic heterocycles. The molecule has 0 saturated heterocycles. The zero-order valence-corrected chi connectivity index (χ0v) is 18.2. The molecule has 144 valence electrons. The summed E-state index contributed by atoms with van der Waals surface area (Å²) in [4.78, 5) is 34.4. The van der Waals surface area contributed by atoms with Crippen molar-refractivity contribution in [2.24, 2.45) is 15.8 Å². The number of hydrogen-bond donors (Lipinski definition) is 1. The summed E-state index contributed by atoms with van der Waals surface area (Å²) in [7, 11) is 0. The number of aliphatic imine (C=N–C) groups is 1.